The highest BCUT2D eigenvalue weighted by Crippen LogP contribution is 2.40. The van der Waals surface area contributed by atoms with Gasteiger partial charge in [0.2, 0.25) is 0 Å². The maximum absolute atomic E-state index is 11.4. The lowest BCUT2D eigenvalue weighted by molar-refractivity contribution is -0.149. The fourth-order valence-corrected chi connectivity index (χ4v) is 1.84. The zero-order valence-electron chi connectivity index (χ0n) is 7.30. The molecule has 4 heteroatoms. The molecule has 0 saturated carbocycles. The first-order valence-corrected chi connectivity index (χ1v) is 5.20. The van der Waals surface area contributed by atoms with Crippen LogP contribution in [0.2, 0.25) is 0 Å². The largest absolute Gasteiger partial charge is 0.464 e. The van der Waals surface area contributed by atoms with Gasteiger partial charge in [-0.05, 0) is 20.3 Å². The lowest BCUT2D eigenvalue weighted by atomic mass is 10.0. The predicted molar refractivity (Wildman–Crippen MR) is 48.3 cm³/mol. The Morgan fingerprint density at radius 3 is 2.67 bits per heavy atom. The van der Waals surface area contributed by atoms with Crippen molar-refractivity contribution in [2.75, 3.05) is 11.9 Å². The Morgan fingerprint density at radius 1 is 1.75 bits per heavy atom. The Labute approximate surface area is 80.5 Å². The minimum Gasteiger partial charge on any atom is -0.464 e. The maximum atomic E-state index is 11.4. The smallest absolute Gasteiger partial charge is 0.341 e. The van der Waals surface area contributed by atoms with Gasteiger partial charge in [0.25, 0.3) is 0 Å². The van der Waals surface area contributed by atoms with Crippen LogP contribution in [-0.2, 0) is 14.3 Å². The maximum Gasteiger partial charge on any atom is 0.341 e. The molecular formula is C8H13BrO3. The van der Waals surface area contributed by atoms with Crippen molar-refractivity contribution in [2.24, 2.45) is 0 Å². The highest BCUT2D eigenvalue weighted by Gasteiger charge is 2.60. The molecule has 0 aliphatic carbocycles. The van der Waals surface area contributed by atoms with E-state index in [2.05, 4.69) is 15.9 Å². The molecule has 0 bridgehead atoms. The Kier molecular flexibility index (Phi) is 3.12. The van der Waals surface area contributed by atoms with E-state index in [4.69, 9.17) is 9.47 Å². The molecule has 0 aromatic heterocycles. The van der Waals surface area contributed by atoms with Crippen LogP contribution in [-0.4, -0.2) is 29.6 Å². The average Bonchev–Trinajstić information content (AvgIpc) is 2.64. The van der Waals surface area contributed by atoms with E-state index in [0.29, 0.717) is 13.0 Å². The number of epoxide rings is 1. The van der Waals surface area contributed by atoms with E-state index in [9.17, 15) is 4.79 Å². The molecule has 0 spiro atoms. The van der Waals surface area contributed by atoms with Crippen molar-refractivity contribution in [1.29, 1.82) is 0 Å². The Morgan fingerprint density at radius 2 is 2.33 bits per heavy atom. The third-order valence-corrected chi connectivity index (χ3v) is 2.47. The molecule has 70 valence electrons. The van der Waals surface area contributed by atoms with Gasteiger partial charge >= 0.3 is 5.97 Å². The van der Waals surface area contributed by atoms with Gasteiger partial charge in [-0.25, -0.2) is 4.79 Å². The Bertz CT molecular complexity index is 183. The van der Waals surface area contributed by atoms with Crippen molar-refractivity contribution in [1.82, 2.24) is 0 Å². The van der Waals surface area contributed by atoms with Crippen LogP contribution in [0.1, 0.15) is 20.3 Å². The van der Waals surface area contributed by atoms with Crippen molar-refractivity contribution < 1.29 is 14.3 Å². The van der Waals surface area contributed by atoms with Crippen molar-refractivity contribution in [3.63, 3.8) is 0 Å². The summed E-state index contributed by atoms with van der Waals surface area (Å²) in [5.74, 6) is -0.225. The van der Waals surface area contributed by atoms with Crippen molar-refractivity contribution in [2.45, 2.75) is 32.0 Å². The van der Waals surface area contributed by atoms with Crippen LogP contribution in [0.25, 0.3) is 0 Å². The summed E-state index contributed by atoms with van der Waals surface area (Å²) in [6.45, 7) is 4.10. The summed E-state index contributed by atoms with van der Waals surface area (Å²) in [4.78, 5) is 11.4. The van der Waals surface area contributed by atoms with Crippen molar-refractivity contribution in [3.8, 4) is 0 Å². The van der Waals surface area contributed by atoms with Gasteiger partial charge in [-0.15, -0.1) is 0 Å². The first-order valence-electron chi connectivity index (χ1n) is 4.08. The van der Waals surface area contributed by atoms with Gasteiger partial charge < -0.3 is 9.47 Å². The number of ether oxygens (including phenoxy) is 2. The number of carbonyl (C=O) groups excluding carboxylic acids is 1. The van der Waals surface area contributed by atoms with Crippen LogP contribution in [0.5, 0.6) is 0 Å². The molecule has 3 nitrogen and oxygen atoms in total. The molecule has 0 aromatic rings. The predicted octanol–water partition coefficient (Wildman–Crippen LogP) is 1.49. The summed E-state index contributed by atoms with van der Waals surface area (Å²) < 4.78 is 10.2. The number of rotatable bonds is 4. The van der Waals surface area contributed by atoms with Crippen LogP contribution < -0.4 is 0 Å². The third-order valence-electron chi connectivity index (χ3n) is 2.07. The number of carbonyl (C=O) groups is 1. The summed E-state index contributed by atoms with van der Waals surface area (Å²) in [7, 11) is 0. The van der Waals surface area contributed by atoms with Gasteiger partial charge in [0.05, 0.1) is 12.7 Å². The molecule has 1 fully saturated rings. The second-order valence-electron chi connectivity index (χ2n) is 2.81. The van der Waals surface area contributed by atoms with Crippen LogP contribution in [0.15, 0.2) is 0 Å². The van der Waals surface area contributed by atoms with Gasteiger partial charge in [-0.1, -0.05) is 15.9 Å². The van der Waals surface area contributed by atoms with E-state index < -0.39 is 5.60 Å². The summed E-state index contributed by atoms with van der Waals surface area (Å²) in [5, 5.41) is 0.760. The quantitative estimate of drug-likeness (QED) is 0.422. The second-order valence-corrected chi connectivity index (χ2v) is 3.60. The lowest BCUT2D eigenvalue weighted by Gasteiger charge is -2.08. The molecule has 1 aliphatic rings. The molecule has 1 rings (SSSR count). The van der Waals surface area contributed by atoms with E-state index in [1.807, 2.05) is 6.92 Å². The fourth-order valence-electron chi connectivity index (χ4n) is 1.25. The molecule has 0 aromatic carbocycles. The molecule has 0 radical (unpaired) electrons. The molecule has 1 aliphatic heterocycles. The van der Waals surface area contributed by atoms with Crippen LogP contribution >= 0.6 is 15.9 Å². The fraction of sp³-hybridized carbons (Fsp3) is 0.875. The Hall–Kier alpha value is -0.0900. The van der Waals surface area contributed by atoms with E-state index in [0.717, 1.165) is 5.33 Å². The normalized spacial score (nSPS) is 33.1. The zero-order chi connectivity index (χ0) is 9.19. The van der Waals surface area contributed by atoms with E-state index in [-0.39, 0.29) is 12.1 Å². The molecule has 1 heterocycles. The number of hydrogen-bond acceptors (Lipinski definition) is 3. The molecule has 12 heavy (non-hydrogen) atoms. The van der Waals surface area contributed by atoms with Gasteiger partial charge in [-0.2, -0.15) is 0 Å². The summed E-state index contributed by atoms with van der Waals surface area (Å²) in [6.07, 6.45) is 0.696. The minimum atomic E-state index is -0.639. The first kappa shape index (κ1) is 9.99. The van der Waals surface area contributed by atoms with Crippen molar-refractivity contribution >= 4 is 21.9 Å². The van der Waals surface area contributed by atoms with Gasteiger partial charge in [0.15, 0.2) is 5.60 Å². The van der Waals surface area contributed by atoms with E-state index in [1.165, 1.54) is 0 Å². The topological polar surface area (TPSA) is 38.8 Å². The highest BCUT2D eigenvalue weighted by molar-refractivity contribution is 9.09. The molecule has 2 unspecified atom stereocenters. The van der Waals surface area contributed by atoms with Crippen LogP contribution in [0.3, 0.4) is 0 Å². The van der Waals surface area contributed by atoms with E-state index >= 15 is 0 Å². The molecular weight excluding hydrogens is 224 g/mol. The Balaban J connectivity index is 2.51. The summed E-state index contributed by atoms with van der Waals surface area (Å²) in [6, 6.07) is 0. The summed E-state index contributed by atoms with van der Waals surface area (Å²) in [5.41, 5.74) is -0.639. The SMILES string of the molecule is CCOC(=O)C1(CCBr)OC1C. The van der Waals surface area contributed by atoms with Gasteiger partial charge in [-0.3, -0.25) is 0 Å². The first-order chi connectivity index (χ1) is 5.67. The molecule has 1 saturated heterocycles. The highest BCUT2D eigenvalue weighted by atomic mass is 79.9. The van der Waals surface area contributed by atoms with Gasteiger partial charge in [0, 0.05) is 5.33 Å². The molecule has 0 N–H and O–H groups in total. The number of alkyl halides is 1. The number of hydrogen-bond donors (Lipinski definition) is 0. The number of halogens is 1. The monoisotopic (exact) mass is 236 g/mol. The second kappa shape index (κ2) is 3.75. The molecule has 0 amide bonds. The van der Waals surface area contributed by atoms with Gasteiger partial charge in [0.1, 0.15) is 0 Å². The van der Waals surface area contributed by atoms with E-state index in [1.54, 1.807) is 6.92 Å². The third kappa shape index (κ3) is 1.64. The summed E-state index contributed by atoms with van der Waals surface area (Å²) >= 11 is 3.28. The minimum absolute atomic E-state index is 0.00843. The zero-order valence-corrected chi connectivity index (χ0v) is 8.89. The van der Waals surface area contributed by atoms with Crippen LogP contribution in [0.4, 0.5) is 0 Å². The molecule has 2 atom stereocenters. The number of esters is 1. The van der Waals surface area contributed by atoms with Crippen molar-refractivity contribution in [3.05, 3.63) is 0 Å². The average molecular weight is 237 g/mol. The standard InChI is InChI=1S/C8H13BrO3/c1-3-11-7(10)8(4-5-9)6(2)12-8/h6H,3-5H2,1-2H3. The lowest BCUT2D eigenvalue weighted by Crippen LogP contribution is -2.29. The van der Waals surface area contributed by atoms with Crippen LogP contribution in [0, 0.1) is 0 Å².